The van der Waals surface area contributed by atoms with Gasteiger partial charge >= 0.3 is 21.1 Å². The summed E-state index contributed by atoms with van der Waals surface area (Å²) in [5, 5.41) is 1.74. The molecular weight excluding hydrogens is 1740 g/mol. The predicted molar refractivity (Wildman–Crippen MR) is 468 cm³/mol. The topological polar surface area (TPSA) is 332 Å². The van der Waals surface area contributed by atoms with E-state index < -0.39 is 88.8 Å². The number of sulfone groups is 2. The Hall–Kier alpha value is -8.40. The Morgan fingerprint density at radius 1 is 0.361 bits per heavy atom. The third-order valence-electron chi connectivity index (χ3n) is 22.9. The van der Waals surface area contributed by atoms with Crippen molar-refractivity contribution >= 4 is 154 Å². The smallest absolute Gasteiger partial charge is 0.475 e. The molecule has 29 nitrogen and oxygen atoms in total. The number of benzene rings is 4. The van der Waals surface area contributed by atoms with Gasteiger partial charge in [0.25, 0.3) is 48.5 Å². The van der Waals surface area contributed by atoms with Gasteiger partial charge in [0, 0.05) is 129 Å². The number of hydrogen-bond acceptors (Lipinski definition) is 21. The van der Waals surface area contributed by atoms with Crippen LogP contribution in [0.2, 0.25) is 0 Å². The summed E-state index contributed by atoms with van der Waals surface area (Å²) in [6, 6.07) is 24.1. The van der Waals surface area contributed by atoms with E-state index in [0.29, 0.717) is 70.1 Å². The third kappa shape index (κ3) is 17.0. The molecule has 0 spiro atoms. The summed E-state index contributed by atoms with van der Waals surface area (Å²) in [6.07, 6.45) is 11.8. The van der Waals surface area contributed by atoms with Gasteiger partial charge in [-0.2, -0.15) is 0 Å². The van der Waals surface area contributed by atoms with Crippen LogP contribution >= 0.6 is 31.9 Å². The molecule has 0 bridgehead atoms. The molecule has 0 N–H and O–H groups in total. The number of carbonyl (C=O) groups excluding carboxylic acids is 2. The van der Waals surface area contributed by atoms with Gasteiger partial charge in [0.2, 0.25) is 0 Å². The van der Waals surface area contributed by atoms with Crippen molar-refractivity contribution in [3.63, 3.8) is 0 Å². The highest BCUT2D eigenvalue weighted by Gasteiger charge is 2.64. The molecule has 5 aliphatic rings. The molecule has 5 aliphatic heterocycles. The summed E-state index contributed by atoms with van der Waals surface area (Å²) < 4.78 is 157. The molecule has 119 heavy (non-hydrogen) atoms. The van der Waals surface area contributed by atoms with Crippen molar-refractivity contribution in [2.75, 3.05) is 36.4 Å². The molecule has 0 unspecified atom stereocenters. The lowest BCUT2D eigenvalue weighted by Crippen LogP contribution is -2.51. The first-order valence-electron chi connectivity index (χ1n) is 37.7. The van der Waals surface area contributed by atoms with Gasteiger partial charge in [-0.25, -0.2) is 41.6 Å². The van der Waals surface area contributed by atoms with Crippen molar-refractivity contribution in [3.05, 3.63) is 179 Å². The number of fused-ring (bicyclic) bond motifs is 5. The van der Waals surface area contributed by atoms with E-state index in [2.05, 4.69) is 31.9 Å². The molecule has 6 aromatic heterocycles. The van der Waals surface area contributed by atoms with Gasteiger partial charge in [-0.1, -0.05) is 35.4 Å². The summed E-state index contributed by atoms with van der Waals surface area (Å²) in [5.74, 6) is 0.368. The predicted octanol–water partition coefficient (Wildman–Crippen LogP) is 11.1. The van der Waals surface area contributed by atoms with Crippen LogP contribution in [0.4, 0.5) is 11.4 Å². The Balaban J connectivity index is 0.000000148. The van der Waals surface area contributed by atoms with Crippen molar-refractivity contribution in [1.82, 2.24) is 26.2 Å². The normalized spacial score (nSPS) is 18.5. The molecule has 4 aromatic carbocycles. The summed E-state index contributed by atoms with van der Waals surface area (Å²) in [6.45, 7) is 34.4. The van der Waals surface area contributed by atoms with E-state index in [1.165, 1.54) is 54.1 Å². The maximum absolute atomic E-state index is 13.3. The molecule has 11 heterocycles. The lowest BCUT2D eigenvalue weighted by Gasteiger charge is -2.38. The van der Waals surface area contributed by atoms with Crippen molar-refractivity contribution < 1.29 is 80.7 Å². The van der Waals surface area contributed by atoms with Crippen LogP contribution in [0, 0.1) is 13.8 Å². The zero-order valence-corrected chi connectivity index (χ0v) is 77.8. The van der Waals surface area contributed by atoms with Gasteiger partial charge in [0.15, 0.2) is 42.4 Å². The van der Waals surface area contributed by atoms with Crippen LogP contribution in [0.3, 0.4) is 0 Å². The highest BCUT2D eigenvalue weighted by molar-refractivity contribution is 9.11. The van der Waals surface area contributed by atoms with Crippen LogP contribution in [-0.2, 0) is 105 Å². The minimum atomic E-state index is -3.94. The van der Waals surface area contributed by atoms with Gasteiger partial charge < -0.3 is 65.5 Å². The number of rotatable bonds is 9. The van der Waals surface area contributed by atoms with E-state index in [0.717, 1.165) is 31.6 Å². The Labute approximate surface area is 711 Å². The average molecular weight is 1840 g/mol. The van der Waals surface area contributed by atoms with Crippen molar-refractivity contribution in [3.8, 4) is 22.6 Å². The second kappa shape index (κ2) is 31.2. The number of likely N-dealkylation sites (N-methyl/N-ethyl adjacent to an activating group) is 2. The summed E-state index contributed by atoms with van der Waals surface area (Å²) in [7, 11) is -6.55. The van der Waals surface area contributed by atoms with E-state index in [1.807, 2.05) is 103 Å². The number of hydrogen-bond donors (Lipinski definition) is 0. The fourth-order valence-corrected chi connectivity index (χ4v) is 19.0. The lowest BCUT2D eigenvalue weighted by atomic mass is 9.49. The van der Waals surface area contributed by atoms with Crippen LogP contribution in [0.5, 0.6) is 11.5 Å². The van der Waals surface area contributed by atoms with Crippen molar-refractivity contribution in [2.45, 2.75) is 189 Å². The maximum atomic E-state index is 13.3. The SMILES string of the molecule is CC1(C)OB(B2OC(C)(C)C(C)(C)O2)OC1(C)C.CN1C(=O)C(C)(C)Oc2c(-c3cn(C)c(=O)c4c3ccn4C)cc(S(C)(=O)=O)cc21.CN1C(=O)C(C)(C)Oc2c(Br)cc(S(C)(=O)=O)cc21.Cc1ccc(S(=O)(=O)n2ccc3c(B4OC(C)(C)C(C)(C)O4)cn(C)c(=O)c32)cc1.Cc1ccc(S(=O)(=O)n2ccc3c(Br)cn(C)c(=O)c32)cc1. The number of amides is 2. The Morgan fingerprint density at radius 2 is 0.714 bits per heavy atom. The number of halogens is 2. The first-order chi connectivity index (χ1) is 54.4. The number of nitrogens with zero attached hydrogens (tertiary/aromatic N) is 8. The minimum absolute atomic E-state index is 0.0668. The number of anilines is 2. The minimum Gasteiger partial charge on any atom is -0.475 e. The molecule has 3 fully saturated rings. The fraction of sp³-hybridized carbons (Fsp3) is 0.420. The molecule has 636 valence electrons. The number of ether oxygens (including phenoxy) is 2. The van der Waals surface area contributed by atoms with Crippen LogP contribution in [-0.4, -0.2) is 164 Å². The Bertz CT molecular complexity index is 6410. The van der Waals surface area contributed by atoms with Crippen LogP contribution < -0.4 is 41.4 Å². The van der Waals surface area contributed by atoms with E-state index >= 15 is 0 Å². The zero-order chi connectivity index (χ0) is 88.9. The standard InChI is InChI=1S/C21H25BN2O5S.C21H23N3O5S.C15H13BrN2O3S.C12H24B2O4.C12H14BrNO4S/c1-14-7-9-15(10-8-14)30(26,27)24-12-11-16-17(13-23(6)19(25)18(16)24)22-28-20(2,3)21(4,5)29-22;1-21(2)20(26)24(5)16-10-12(30(6,27)28)9-14(18(16)29-21)15-11-23(4)19(25)17-13(15)7-8-22(17)3;1-10-3-5-11(6-4-10)22(20,21)18-8-7-12-13(16)9-17(2)15(19)14(12)18;1-9(2)10(3,4)16-13(15-9)14-17-11(5,6)12(7,8)18-14;1-12(2)11(15)14(3)9-6-7(19(4,16)17)5-8(13)10(9)18-12/h7-13H,1-6H3;7-11H,1-6H3;3-9H,1-2H3;1-8H3;5-6H,1-4H3. The van der Waals surface area contributed by atoms with Gasteiger partial charge in [0.1, 0.15) is 16.6 Å². The second-order valence-corrected chi connectivity index (χ2v) is 43.7. The molecule has 0 radical (unpaired) electrons. The molecule has 0 saturated carbocycles. The lowest BCUT2D eigenvalue weighted by molar-refractivity contribution is -0.132. The Morgan fingerprint density at radius 3 is 1.14 bits per heavy atom. The van der Waals surface area contributed by atoms with E-state index in [4.69, 9.17) is 37.4 Å². The Kier molecular flexibility index (Phi) is 23.9. The van der Waals surface area contributed by atoms with Crippen molar-refractivity contribution in [1.29, 1.82) is 0 Å². The second-order valence-electron chi connectivity index (χ2n) is 34.3. The molecule has 10 aromatic rings. The monoisotopic (exact) mass is 1840 g/mol. The van der Waals surface area contributed by atoms with Crippen LogP contribution in [0.15, 0.2) is 171 Å². The third-order valence-corrected chi connectivity index (χ3v) is 29.6. The molecule has 38 heteroatoms. The quantitative estimate of drug-likeness (QED) is 0.121. The zero-order valence-electron chi connectivity index (χ0n) is 71.4. The van der Waals surface area contributed by atoms with Crippen molar-refractivity contribution in [2.24, 2.45) is 28.2 Å². The highest BCUT2D eigenvalue weighted by atomic mass is 79.9. The first-order valence-corrected chi connectivity index (χ1v) is 46.0. The van der Waals surface area contributed by atoms with Gasteiger partial charge in [0.05, 0.1) is 69.0 Å². The van der Waals surface area contributed by atoms with Gasteiger partial charge in [-0.3, -0.25) is 24.0 Å². The largest absolute Gasteiger partial charge is 0.497 e. The number of pyridine rings is 3. The molecule has 3 saturated heterocycles. The number of aromatic nitrogens is 6. The average Bonchev–Trinajstić information content (AvgIpc) is 1.03. The molecule has 15 rings (SSSR count). The highest BCUT2D eigenvalue weighted by Crippen LogP contribution is 2.49. The summed E-state index contributed by atoms with van der Waals surface area (Å²) in [4.78, 5) is 66.1. The maximum Gasteiger partial charge on any atom is 0.497 e. The molecule has 0 atom stereocenters. The number of carbonyl (C=O) groups is 2. The van der Waals surface area contributed by atoms with E-state index in [-0.39, 0.29) is 76.0 Å². The summed E-state index contributed by atoms with van der Waals surface area (Å²) in [5.41, 5.74) is -0.395. The molecule has 2 amide bonds. The van der Waals surface area contributed by atoms with Gasteiger partial charge in [-0.15, -0.1) is 0 Å². The fourth-order valence-electron chi connectivity index (χ4n) is 13.7. The van der Waals surface area contributed by atoms with Gasteiger partial charge in [-0.05, 0) is 223 Å². The number of aryl methyl sites for hydroxylation is 6. The molecule has 0 aliphatic carbocycles. The van der Waals surface area contributed by atoms with E-state index in [9.17, 15) is 57.6 Å². The summed E-state index contributed by atoms with van der Waals surface area (Å²) >= 11 is 6.66. The van der Waals surface area contributed by atoms with Crippen LogP contribution in [0.1, 0.15) is 122 Å². The first kappa shape index (κ1) is 91.3. The van der Waals surface area contributed by atoms with E-state index in [1.54, 1.807) is 166 Å². The van der Waals surface area contributed by atoms with Crippen LogP contribution in [0.25, 0.3) is 43.8 Å². The molecular formula is C81H99B3Br2N8O21S4.